The second-order valence-electron chi connectivity index (χ2n) is 6.64. The Hall–Kier alpha value is -1.98. The minimum Gasteiger partial charge on any atom is -0.493 e. The predicted molar refractivity (Wildman–Crippen MR) is 121 cm³/mol. The van der Waals surface area contributed by atoms with Crippen molar-refractivity contribution in [1.29, 1.82) is 0 Å². The molecule has 0 heterocycles. The highest BCUT2D eigenvalue weighted by atomic mass is 35.5. The number of benzene rings is 3. The van der Waals surface area contributed by atoms with Gasteiger partial charge in [-0.1, -0.05) is 53.0 Å². The van der Waals surface area contributed by atoms with E-state index in [1.165, 1.54) is 11.6 Å². The third-order valence-electron chi connectivity index (χ3n) is 4.59. The van der Waals surface area contributed by atoms with Crippen LogP contribution in [0.1, 0.15) is 16.7 Å². The Morgan fingerprint density at radius 1 is 0.933 bits per heavy atom. The van der Waals surface area contributed by atoms with Gasteiger partial charge in [0.1, 0.15) is 12.4 Å². The number of hydrogen-bond donors (Lipinski definition) is 1. The maximum Gasteiger partial charge on any atom is 0.163 e. The number of nitrogens with one attached hydrogen (secondary N) is 1. The third-order valence-corrected chi connectivity index (χ3v) is 5.54. The van der Waals surface area contributed by atoms with Crippen LogP contribution in [0, 0.1) is 5.82 Å². The Morgan fingerprint density at radius 2 is 1.70 bits per heavy atom. The Labute approximate surface area is 190 Å². The van der Waals surface area contributed by atoms with E-state index in [1.54, 1.807) is 25.3 Å². The summed E-state index contributed by atoms with van der Waals surface area (Å²) in [6.45, 7) is 1.32. The summed E-state index contributed by atoms with van der Waals surface area (Å²) in [6, 6.07) is 15.8. The minimum absolute atomic E-state index is 0.0309. The molecule has 0 saturated carbocycles. The van der Waals surface area contributed by atoms with Gasteiger partial charge in [0.25, 0.3) is 0 Å². The standard InChI is InChI=1S/C23H21Cl3FNO2/c1-29-22-11-16(13-28-10-9-15-5-7-17(24)8-6-15)20(26)12-23(22)30-14-18-19(25)3-2-4-21(18)27/h2-8,11-12,28H,9-10,13-14H2,1H3. The molecule has 0 radical (unpaired) electrons. The van der Waals surface area contributed by atoms with E-state index >= 15 is 0 Å². The van der Waals surface area contributed by atoms with Crippen molar-refractivity contribution in [2.75, 3.05) is 13.7 Å². The molecule has 0 unspecified atom stereocenters. The minimum atomic E-state index is -0.422. The number of rotatable bonds is 9. The predicted octanol–water partition coefficient (Wildman–Crippen LogP) is 6.71. The first-order valence-electron chi connectivity index (χ1n) is 9.35. The van der Waals surface area contributed by atoms with Gasteiger partial charge in [0.05, 0.1) is 12.1 Å². The largest absolute Gasteiger partial charge is 0.493 e. The van der Waals surface area contributed by atoms with Crippen LogP contribution in [-0.4, -0.2) is 13.7 Å². The highest BCUT2D eigenvalue weighted by Gasteiger charge is 2.13. The molecule has 3 nitrogen and oxygen atoms in total. The molecular weight excluding hydrogens is 448 g/mol. The lowest BCUT2D eigenvalue weighted by molar-refractivity contribution is 0.279. The molecule has 0 saturated heterocycles. The van der Waals surface area contributed by atoms with E-state index in [4.69, 9.17) is 44.3 Å². The highest BCUT2D eigenvalue weighted by molar-refractivity contribution is 6.32. The van der Waals surface area contributed by atoms with Gasteiger partial charge in [-0.05, 0) is 54.4 Å². The molecule has 3 aromatic carbocycles. The third kappa shape index (κ3) is 6.02. The van der Waals surface area contributed by atoms with Gasteiger partial charge < -0.3 is 14.8 Å². The zero-order valence-electron chi connectivity index (χ0n) is 16.4. The van der Waals surface area contributed by atoms with Crippen molar-refractivity contribution in [3.05, 3.63) is 92.2 Å². The van der Waals surface area contributed by atoms with Crippen LogP contribution < -0.4 is 14.8 Å². The van der Waals surface area contributed by atoms with Crippen molar-refractivity contribution < 1.29 is 13.9 Å². The van der Waals surface area contributed by atoms with Crippen molar-refractivity contribution in [3.8, 4) is 11.5 Å². The van der Waals surface area contributed by atoms with E-state index in [0.717, 1.165) is 23.6 Å². The fraction of sp³-hybridized carbons (Fsp3) is 0.217. The molecule has 0 bridgehead atoms. The maximum atomic E-state index is 14.0. The molecule has 0 spiro atoms. The Bertz CT molecular complexity index is 976. The van der Waals surface area contributed by atoms with Gasteiger partial charge in [-0.3, -0.25) is 0 Å². The van der Waals surface area contributed by atoms with Gasteiger partial charge in [0.15, 0.2) is 11.5 Å². The van der Waals surface area contributed by atoms with Gasteiger partial charge in [0, 0.05) is 28.2 Å². The number of methoxy groups -OCH3 is 1. The van der Waals surface area contributed by atoms with E-state index in [2.05, 4.69) is 5.32 Å². The second kappa shape index (κ2) is 10.9. The molecule has 0 aliphatic heterocycles. The fourth-order valence-electron chi connectivity index (χ4n) is 2.91. The summed E-state index contributed by atoms with van der Waals surface area (Å²) in [7, 11) is 1.55. The molecule has 0 aromatic heterocycles. The molecule has 3 aromatic rings. The van der Waals surface area contributed by atoms with E-state index in [-0.39, 0.29) is 12.2 Å². The summed E-state index contributed by atoms with van der Waals surface area (Å²) in [4.78, 5) is 0. The molecular formula is C23H21Cl3FNO2. The van der Waals surface area contributed by atoms with Gasteiger partial charge >= 0.3 is 0 Å². The van der Waals surface area contributed by atoms with E-state index < -0.39 is 5.82 Å². The summed E-state index contributed by atoms with van der Waals surface area (Å²) in [5.41, 5.74) is 2.36. The van der Waals surface area contributed by atoms with Crippen LogP contribution in [0.3, 0.4) is 0 Å². The van der Waals surface area contributed by atoms with Crippen LogP contribution >= 0.6 is 34.8 Å². The van der Waals surface area contributed by atoms with Crippen LogP contribution in [0.15, 0.2) is 54.6 Å². The Morgan fingerprint density at radius 3 is 2.40 bits per heavy atom. The van der Waals surface area contributed by atoms with Gasteiger partial charge in [-0.15, -0.1) is 0 Å². The van der Waals surface area contributed by atoms with Crippen molar-refractivity contribution in [3.63, 3.8) is 0 Å². The van der Waals surface area contributed by atoms with Crippen LogP contribution in [-0.2, 0) is 19.6 Å². The molecule has 30 heavy (non-hydrogen) atoms. The van der Waals surface area contributed by atoms with Gasteiger partial charge in [-0.25, -0.2) is 4.39 Å². The van der Waals surface area contributed by atoms with Crippen LogP contribution in [0.25, 0.3) is 0 Å². The molecule has 0 atom stereocenters. The first-order valence-corrected chi connectivity index (χ1v) is 10.5. The van der Waals surface area contributed by atoms with E-state index in [9.17, 15) is 4.39 Å². The lowest BCUT2D eigenvalue weighted by Crippen LogP contribution is -2.17. The average molecular weight is 469 g/mol. The topological polar surface area (TPSA) is 30.5 Å². The summed E-state index contributed by atoms with van der Waals surface area (Å²) >= 11 is 18.4. The quantitative estimate of drug-likeness (QED) is 0.354. The highest BCUT2D eigenvalue weighted by Crippen LogP contribution is 2.34. The molecule has 0 fully saturated rings. The summed E-state index contributed by atoms with van der Waals surface area (Å²) < 4.78 is 25.1. The van der Waals surface area contributed by atoms with Crippen molar-refractivity contribution in [2.24, 2.45) is 0 Å². The molecule has 0 aliphatic carbocycles. The maximum absolute atomic E-state index is 14.0. The molecule has 7 heteroatoms. The SMILES string of the molecule is COc1cc(CNCCc2ccc(Cl)cc2)c(Cl)cc1OCc1c(F)cccc1Cl. The number of hydrogen-bond acceptors (Lipinski definition) is 3. The monoisotopic (exact) mass is 467 g/mol. The van der Waals surface area contributed by atoms with Gasteiger partial charge in [0.2, 0.25) is 0 Å². The van der Waals surface area contributed by atoms with Crippen molar-refractivity contribution >= 4 is 34.8 Å². The molecule has 1 N–H and O–H groups in total. The Kier molecular flexibility index (Phi) is 8.23. The smallest absolute Gasteiger partial charge is 0.163 e. The molecule has 0 amide bonds. The van der Waals surface area contributed by atoms with Crippen LogP contribution in [0.2, 0.25) is 15.1 Å². The number of halogens is 4. The van der Waals surface area contributed by atoms with Crippen LogP contribution in [0.4, 0.5) is 4.39 Å². The van der Waals surface area contributed by atoms with Crippen molar-refractivity contribution in [2.45, 2.75) is 19.6 Å². The molecule has 0 aliphatic rings. The number of ether oxygens (including phenoxy) is 2. The Balaban J connectivity index is 1.61. The lowest BCUT2D eigenvalue weighted by Gasteiger charge is -2.15. The zero-order valence-corrected chi connectivity index (χ0v) is 18.6. The summed E-state index contributed by atoms with van der Waals surface area (Å²) in [6.07, 6.45) is 0.872. The first-order chi connectivity index (χ1) is 14.5. The fourth-order valence-corrected chi connectivity index (χ4v) is 3.48. The normalized spacial score (nSPS) is 10.8. The van der Waals surface area contributed by atoms with E-state index in [0.29, 0.717) is 28.1 Å². The summed E-state index contributed by atoms with van der Waals surface area (Å²) in [5, 5.41) is 4.93. The van der Waals surface area contributed by atoms with Crippen molar-refractivity contribution in [1.82, 2.24) is 5.32 Å². The average Bonchev–Trinajstić information content (AvgIpc) is 2.73. The van der Waals surface area contributed by atoms with Crippen LogP contribution in [0.5, 0.6) is 11.5 Å². The summed E-state index contributed by atoms with van der Waals surface area (Å²) in [5.74, 6) is 0.516. The molecule has 3 rings (SSSR count). The molecule has 158 valence electrons. The lowest BCUT2D eigenvalue weighted by atomic mass is 10.1. The van der Waals surface area contributed by atoms with E-state index in [1.807, 2.05) is 30.3 Å². The second-order valence-corrected chi connectivity index (χ2v) is 7.89. The van der Waals surface area contributed by atoms with Gasteiger partial charge in [-0.2, -0.15) is 0 Å². The first kappa shape index (κ1) is 22.7. The zero-order chi connectivity index (χ0) is 21.5.